The number of aryl methyl sites for hydroxylation is 3. The molecule has 7 nitrogen and oxygen atoms in total. The lowest BCUT2D eigenvalue weighted by atomic mass is 9.89. The summed E-state index contributed by atoms with van der Waals surface area (Å²) in [6.45, 7) is 11.2. The molecule has 1 aliphatic rings. The zero-order valence-corrected chi connectivity index (χ0v) is 22.2. The highest BCUT2D eigenvalue weighted by molar-refractivity contribution is 7.90. The number of hydrogen-bond donors (Lipinski definition) is 2. The van der Waals surface area contributed by atoms with Gasteiger partial charge in [0.1, 0.15) is 16.2 Å². The number of amides is 1. The number of nitrogen functional groups attached to an aromatic ring is 1. The number of benzene rings is 3. The smallest absolute Gasteiger partial charge is 0.266 e. The fraction of sp³-hybridized carbons (Fsp3) is 0.321. The van der Waals surface area contributed by atoms with Crippen molar-refractivity contribution in [1.82, 2.24) is 9.62 Å². The second kappa shape index (κ2) is 9.59. The molecule has 3 aromatic carbocycles. The summed E-state index contributed by atoms with van der Waals surface area (Å²) in [5, 5.41) is 0. The molecule has 0 saturated carbocycles. The van der Waals surface area contributed by atoms with Gasteiger partial charge in [0.2, 0.25) is 0 Å². The predicted octanol–water partition coefficient (Wildman–Crippen LogP) is 4.33. The van der Waals surface area contributed by atoms with E-state index in [1.54, 1.807) is 19.1 Å². The second-order valence-corrected chi connectivity index (χ2v) is 11.1. The molecule has 1 amide bonds. The van der Waals surface area contributed by atoms with E-state index in [1.807, 2.05) is 30.0 Å². The normalized spacial score (nSPS) is 17.6. The van der Waals surface area contributed by atoms with Crippen molar-refractivity contribution in [3.8, 4) is 5.75 Å². The minimum absolute atomic E-state index is 0.0798. The average Bonchev–Trinajstić information content (AvgIpc) is 3.10. The van der Waals surface area contributed by atoms with E-state index in [2.05, 4.69) is 37.6 Å². The molecule has 190 valence electrons. The quantitative estimate of drug-likeness (QED) is 0.462. The highest BCUT2D eigenvalue weighted by Crippen LogP contribution is 2.44. The van der Waals surface area contributed by atoms with E-state index in [9.17, 15) is 13.2 Å². The van der Waals surface area contributed by atoms with Gasteiger partial charge >= 0.3 is 0 Å². The van der Waals surface area contributed by atoms with Crippen molar-refractivity contribution in [2.45, 2.75) is 58.1 Å². The van der Waals surface area contributed by atoms with Gasteiger partial charge in [0.15, 0.2) is 0 Å². The first-order chi connectivity index (χ1) is 17.0. The van der Waals surface area contributed by atoms with Gasteiger partial charge in [0, 0.05) is 18.7 Å². The number of fused-ring (bicyclic) bond motifs is 1. The highest BCUT2D eigenvalue weighted by atomic mass is 32.2. The van der Waals surface area contributed by atoms with Crippen LogP contribution in [0.25, 0.3) is 0 Å². The summed E-state index contributed by atoms with van der Waals surface area (Å²) in [7, 11) is -4.19. The van der Waals surface area contributed by atoms with Gasteiger partial charge in [-0.05, 0) is 75.1 Å². The number of ether oxygens (including phenoxy) is 1. The summed E-state index contributed by atoms with van der Waals surface area (Å²) in [5.41, 5.74) is 10.9. The molecule has 0 spiro atoms. The molecule has 1 atom stereocenters. The molecular formula is C28H33N3O4S. The zero-order chi connectivity index (χ0) is 26.3. The number of sulfonamides is 1. The summed E-state index contributed by atoms with van der Waals surface area (Å²) in [6, 6.07) is 15.9. The molecule has 1 unspecified atom stereocenters. The number of hydrogen-bond acceptors (Lipinski definition) is 6. The van der Waals surface area contributed by atoms with Crippen molar-refractivity contribution in [3.05, 3.63) is 88.0 Å². The lowest BCUT2D eigenvalue weighted by molar-refractivity contribution is -0.131. The van der Waals surface area contributed by atoms with Gasteiger partial charge in [0.25, 0.3) is 15.9 Å². The molecule has 0 bridgehead atoms. The molecule has 0 aliphatic carbocycles. The van der Waals surface area contributed by atoms with Crippen molar-refractivity contribution in [1.29, 1.82) is 0 Å². The van der Waals surface area contributed by atoms with Crippen molar-refractivity contribution in [2.75, 3.05) is 12.3 Å². The Morgan fingerprint density at radius 2 is 1.75 bits per heavy atom. The molecule has 0 radical (unpaired) electrons. The maximum atomic E-state index is 13.9. The first kappa shape index (κ1) is 25.7. The fourth-order valence-electron chi connectivity index (χ4n) is 5.13. The van der Waals surface area contributed by atoms with Crippen LogP contribution in [-0.4, -0.2) is 25.8 Å². The van der Waals surface area contributed by atoms with E-state index >= 15 is 0 Å². The van der Waals surface area contributed by atoms with Crippen LogP contribution >= 0.6 is 0 Å². The third kappa shape index (κ3) is 4.47. The van der Waals surface area contributed by atoms with Crippen LogP contribution in [0.4, 0.5) is 5.69 Å². The number of para-hydroxylation sites is 1. The van der Waals surface area contributed by atoms with E-state index in [4.69, 9.17) is 10.5 Å². The lowest BCUT2D eigenvalue weighted by Gasteiger charge is -2.35. The monoisotopic (exact) mass is 507 g/mol. The van der Waals surface area contributed by atoms with Crippen molar-refractivity contribution < 1.29 is 17.9 Å². The van der Waals surface area contributed by atoms with E-state index in [1.165, 1.54) is 17.7 Å². The van der Waals surface area contributed by atoms with Crippen LogP contribution in [0, 0.1) is 20.8 Å². The van der Waals surface area contributed by atoms with Crippen LogP contribution in [0.1, 0.15) is 47.2 Å². The minimum Gasteiger partial charge on any atom is -0.494 e. The fourth-order valence-corrected chi connectivity index (χ4v) is 6.32. The van der Waals surface area contributed by atoms with Gasteiger partial charge in [-0.15, -0.1) is 0 Å². The molecule has 4 rings (SSSR count). The molecule has 3 N–H and O–H groups in total. The number of nitrogens with one attached hydrogen (secondary N) is 1. The Kier molecular flexibility index (Phi) is 6.86. The maximum absolute atomic E-state index is 13.9. The van der Waals surface area contributed by atoms with Crippen LogP contribution < -0.4 is 15.2 Å². The maximum Gasteiger partial charge on any atom is 0.266 e. The minimum atomic E-state index is -4.19. The molecular weight excluding hydrogens is 474 g/mol. The van der Waals surface area contributed by atoms with E-state index in [0.29, 0.717) is 25.4 Å². The van der Waals surface area contributed by atoms with Crippen molar-refractivity contribution in [3.63, 3.8) is 0 Å². The summed E-state index contributed by atoms with van der Waals surface area (Å²) in [5.74, 6) is 0.0598. The van der Waals surface area contributed by atoms with Crippen LogP contribution in [0.3, 0.4) is 0 Å². The van der Waals surface area contributed by atoms with Gasteiger partial charge in [-0.1, -0.05) is 42.0 Å². The third-order valence-electron chi connectivity index (χ3n) is 7.01. The average molecular weight is 508 g/mol. The number of nitrogens with zero attached hydrogens (tertiary/aromatic N) is 1. The highest BCUT2D eigenvalue weighted by Gasteiger charge is 2.49. The predicted molar refractivity (Wildman–Crippen MR) is 141 cm³/mol. The van der Waals surface area contributed by atoms with Gasteiger partial charge in [0.05, 0.1) is 12.3 Å². The van der Waals surface area contributed by atoms with Crippen molar-refractivity contribution in [2.24, 2.45) is 0 Å². The van der Waals surface area contributed by atoms with Crippen LogP contribution in [0.5, 0.6) is 5.75 Å². The first-order valence-electron chi connectivity index (χ1n) is 12.0. The number of nitrogens with two attached hydrogens (primary N) is 1. The molecule has 1 aliphatic heterocycles. The summed E-state index contributed by atoms with van der Waals surface area (Å²) >= 11 is 0. The van der Waals surface area contributed by atoms with Crippen molar-refractivity contribution >= 4 is 21.6 Å². The Labute approximate surface area is 213 Å². The van der Waals surface area contributed by atoms with E-state index < -0.39 is 21.5 Å². The number of carbonyl (C=O) groups excluding carboxylic acids is 1. The molecule has 8 heteroatoms. The van der Waals surface area contributed by atoms with Gasteiger partial charge < -0.3 is 10.5 Å². The van der Waals surface area contributed by atoms with Crippen LogP contribution in [-0.2, 0) is 33.4 Å². The zero-order valence-electron chi connectivity index (χ0n) is 21.4. The molecule has 36 heavy (non-hydrogen) atoms. The molecule has 0 saturated heterocycles. The van der Waals surface area contributed by atoms with Crippen LogP contribution in [0.15, 0.2) is 59.5 Å². The Balaban J connectivity index is 1.80. The summed E-state index contributed by atoms with van der Waals surface area (Å²) in [4.78, 5) is 15.8. The first-order valence-corrected chi connectivity index (χ1v) is 13.5. The Morgan fingerprint density at radius 1 is 1.08 bits per heavy atom. The largest absolute Gasteiger partial charge is 0.494 e. The standard InChI is InChI=1S/C28H33N3O4S/c1-6-35-25-12-9-10-23-22(25)17-31(16-21-19(3)14-18(2)15-20(21)4)28(23,5)27(32)30-36(33,34)26-13-8-7-11-24(26)29/h7-15H,6,16-17,29H2,1-5H3,(H,30,32). The number of rotatable bonds is 7. The molecule has 3 aromatic rings. The van der Waals surface area contributed by atoms with Gasteiger partial charge in [-0.2, -0.15) is 0 Å². The summed E-state index contributed by atoms with van der Waals surface area (Å²) < 4.78 is 34.6. The van der Waals surface area contributed by atoms with E-state index in [-0.39, 0.29) is 10.6 Å². The third-order valence-corrected chi connectivity index (χ3v) is 8.41. The number of carbonyl (C=O) groups is 1. The Morgan fingerprint density at radius 3 is 2.39 bits per heavy atom. The van der Waals surface area contributed by atoms with Gasteiger partial charge in [-0.25, -0.2) is 13.1 Å². The summed E-state index contributed by atoms with van der Waals surface area (Å²) in [6.07, 6.45) is 0. The van der Waals surface area contributed by atoms with Gasteiger partial charge in [-0.3, -0.25) is 9.69 Å². The molecule has 0 aromatic heterocycles. The Hall–Kier alpha value is -3.36. The molecule has 1 heterocycles. The molecule has 0 fully saturated rings. The van der Waals surface area contributed by atoms with E-state index in [0.717, 1.165) is 27.8 Å². The van der Waals surface area contributed by atoms with Crippen LogP contribution in [0.2, 0.25) is 0 Å². The Bertz CT molecular complexity index is 1410. The lowest BCUT2D eigenvalue weighted by Crippen LogP contribution is -2.52. The SMILES string of the molecule is CCOc1cccc2c1CN(Cc1c(C)cc(C)cc1C)C2(C)C(=O)NS(=O)(=O)c1ccccc1N. The number of anilines is 1. The topological polar surface area (TPSA) is 102 Å². The second-order valence-electron chi connectivity index (χ2n) is 9.49.